The minimum absolute atomic E-state index is 0.292. The fourth-order valence-corrected chi connectivity index (χ4v) is 5.61. The van der Waals surface area contributed by atoms with E-state index in [1.165, 1.54) is 5.56 Å². The van der Waals surface area contributed by atoms with Gasteiger partial charge in [0.15, 0.2) is 0 Å². The molecule has 0 spiro atoms. The number of hydrogen-bond donors (Lipinski definition) is 2. The van der Waals surface area contributed by atoms with E-state index in [9.17, 15) is 4.79 Å². The highest BCUT2D eigenvalue weighted by atomic mass is 32.2. The van der Waals surface area contributed by atoms with Gasteiger partial charge in [0, 0.05) is 49.6 Å². The second kappa shape index (κ2) is 14.1. The topological polar surface area (TPSA) is 120 Å². The third-order valence-electron chi connectivity index (χ3n) is 6.01. The van der Waals surface area contributed by atoms with Crippen LogP contribution in [0.5, 0.6) is 5.19 Å². The largest absolute Gasteiger partial charge is 0.473 e. The van der Waals surface area contributed by atoms with Crippen molar-refractivity contribution in [2.75, 3.05) is 31.9 Å². The lowest BCUT2D eigenvalue weighted by Gasteiger charge is -2.41. The third kappa shape index (κ3) is 9.15. The molecule has 4 rings (SSSR count). The van der Waals surface area contributed by atoms with E-state index in [2.05, 4.69) is 39.0 Å². The number of carboxylic acid groups (broad SMARTS) is 2. The molecule has 190 valence electrons. The van der Waals surface area contributed by atoms with E-state index in [4.69, 9.17) is 24.5 Å². The van der Waals surface area contributed by atoms with E-state index >= 15 is 0 Å². The molecular weight excluding hydrogens is 490 g/mol. The number of nitrogens with zero attached hydrogens (tertiary/aromatic N) is 3. The van der Waals surface area contributed by atoms with Crippen LogP contribution < -0.4 is 4.74 Å². The van der Waals surface area contributed by atoms with E-state index in [0.29, 0.717) is 23.8 Å². The maximum atomic E-state index is 12.5. The summed E-state index contributed by atoms with van der Waals surface area (Å²) in [6.07, 6.45) is 6.40. The molecule has 2 N–H and O–H groups in total. The molecule has 2 saturated heterocycles. The molecule has 2 fully saturated rings. The van der Waals surface area contributed by atoms with E-state index in [1.54, 1.807) is 29.3 Å². The molecule has 2 aliphatic rings. The number of aliphatic carboxylic acids is 2. The van der Waals surface area contributed by atoms with Crippen LogP contribution >= 0.6 is 23.1 Å². The molecule has 1 aromatic carbocycles. The van der Waals surface area contributed by atoms with Crippen molar-refractivity contribution in [3.05, 3.63) is 47.5 Å². The minimum Gasteiger partial charge on any atom is -0.473 e. The highest BCUT2D eigenvalue weighted by Gasteiger charge is 2.30. The van der Waals surface area contributed by atoms with Gasteiger partial charge < -0.3 is 19.8 Å². The Bertz CT molecular complexity index is 916. The average molecular weight is 522 g/mol. The molecule has 0 aliphatic carbocycles. The molecule has 1 amide bonds. The van der Waals surface area contributed by atoms with E-state index in [0.717, 1.165) is 62.8 Å². The first kappa shape index (κ1) is 27.0. The molecule has 0 bridgehead atoms. The first-order chi connectivity index (χ1) is 16.9. The molecule has 2 aromatic rings. The van der Waals surface area contributed by atoms with E-state index in [-0.39, 0.29) is 0 Å². The second-order valence-electron chi connectivity index (χ2n) is 8.35. The molecule has 0 saturated carbocycles. The van der Waals surface area contributed by atoms with Crippen LogP contribution in [0.4, 0.5) is 0 Å². The summed E-state index contributed by atoms with van der Waals surface area (Å²) < 4.78 is 5.97. The number of likely N-dealkylation sites (tertiary alicyclic amines) is 2. The van der Waals surface area contributed by atoms with Crippen LogP contribution in [0.3, 0.4) is 0 Å². The normalized spacial score (nSPS) is 17.3. The van der Waals surface area contributed by atoms with Crippen molar-refractivity contribution in [2.45, 2.75) is 43.6 Å². The van der Waals surface area contributed by atoms with Gasteiger partial charge in [-0.2, -0.15) is 0 Å². The number of benzene rings is 1. The van der Waals surface area contributed by atoms with Crippen molar-refractivity contribution in [1.82, 2.24) is 14.8 Å². The number of rotatable bonds is 7. The van der Waals surface area contributed by atoms with Gasteiger partial charge >= 0.3 is 11.9 Å². The molecule has 0 unspecified atom stereocenters. The smallest absolute Gasteiger partial charge is 0.414 e. The fourth-order valence-electron chi connectivity index (χ4n) is 4.17. The van der Waals surface area contributed by atoms with Crippen molar-refractivity contribution in [3.8, 4) is 5.19 Å². The maximum absolute atomic E-state index is 12.5. The Kier molecular flexibility index (Phi) is 10.8. The molecule has 3 heterocycles. The van der Waals surface area contributed by atoms with Gasteiger partial charge in [-0.1, -0.05) is 41.7 Å². The summed E-state index contributed by atoms with van der Waals surface area (Å²) in [4.78, 5) is 39.6. The van der Waals surface area contributed by atoms with Crippen LogP contribution in [0.1, 0.15) is 31.2 Å². The molecule has 35 heavy (non-hydrogen) atoms. The predicted molar refractivity (Wildman–Crippen MR) is 135 cm³/mol. The summed E-state index contributed by atoms with van der Waals surface area (Å²) >= 11 is 3.29. The average Bonchev–Trinajstić information content (AvgIpc) is 3.39. The number of carbonyl (C=O) groups is 3. The number of thiazole rings is 1. The number of thioether (sulfide) groups is 1. The van der Waals surface area contributed by atoms with Gasteiger partial charge in [-0.25, -0.2) is 14.6 Å². The molecule has 9 nitrogen and oxygen atoms in total. The molecular formula is C24H31N3O6S2. The minimum atomic E-state index is -1.82. The lowest BCUT2D eigenvalue weighted by atomic mass is 9.99. The van der Waals surface area contributed by atoms with Crippen molar-refractivity contribution in [2.24, 2.45) is 0 Å². The quantitative estimate of drug-likeness (QED) is 0.530. The van der Waals surface area contributed by atoms with Crippen molar-refractivity contribution >= 4 is 40.9 Å². The van der Waals surface area contributed by atoms with Crippen LogP contribution in [-0.4, -0.2) is 86.9 Å². The molecule has 0 radical (unpaired) electrons. The Morgan fingerprint density at radius 3 is 2.23 bits per heavy atom. The summed E-state index contributed by atoms with van der Waals surface area (Å²) in [5.74, 6) is -1.87. The van der Waals surface area contributed by atoms with Gasteiger partial charge in [0.1, 0.15) is 6.10 Å². The van der Waals surface area contributed by atoms with E-state index in [1.807, 2.05) is 11.4 Å². The summed E-state index contributed by atoms with van der Waals surface area (Å²) in [6.45, 7) is 3.96. The molecule has 1 aromatic heterocycles. The van der Waals surface area contributed by atoms with Crippen LogP contribution in [0.25, 0.3) is 0 Å². The second-order valence-corrected chi connectivity index (χ2v) is 10.2. The Morgan fingerprint density at radius 2 is 1.66 bits per heavy atom. The molecule has 11 heteroatoms. The highest BCUT2D eigenvalue weighted by Crippen LogP contribution is 2.25. The van der Waals surface area contributed by atoms with Crippen molar-refractivity contribution < 1.29 is 29.3 Å². The third-order valence-corrected chi connectivity index (χ3v) is 7.66. The standard InChI is InChI=1S/C22H29N3O2S2.C2H2O4/c26-21(17-28-16-18-4-2-1-3-5-18)25-11-6-19(7-12-25)24-13-8-20(9-14-24)27-22-23-10-15-29-22;3-1(4)2(5)6/h1-5,10,15,19-20H,6-9,11-14,16-17H2;(H,3,4)(H,5,6). The molecule has 0 atom stereocenters. The van der Waals surface area contributed by atoms with Crippen LogP contribution in [0, 0.1) is 0 Å². The first-order valence-electron chi connectivity index (χ1n) is 11.6. The number of ether oxygens (including phenoxy) is 1. The number of hydrogen-bond acceptors (Lipinski definition) is 8. The van der Waals surface area contributed by atoms with Gasteiger partial charge in [-0.05, 0) is 31.2 Å². The Labute approximate surface area is 213 Å². The van der Waals surface area contributed by atoms with Gasteiger partial charge in [-0.15, -0.1) is 11.8 Å². The summed E-state index contributed by atoms with van der Waals surface area (Å²) in [5, 5.41) is 17.5. The van der Waals surface area contributed by atoms with E-state index < -0.39 is 11.9 Å². The Balaban J connectivity index is 0.000000509. The highest BCUT2D eigenvalue weighted by molar-refractivity contribution is 7.99. The number of aromatic nitrogens is 1. The number of amides is 1. The van der Waals surface area contributed by atoms with Gasteiger partial charge in [-0.3, -0.25) is 9.69 Å². The summed E-state index contributed by atoms with van der Waals surface area (Å²) in [5.41, 5.74) is 1.28. The molecule has 2 aliphatic heterocycles. The van der Waals surface area contributed by atoms with Gasteiger partial charge in [0.05, 0.1) is 5.75 Å². The zero-order valence-electron chi connectivity index (χ0n) is 19.5. The van der Waals surface area contributed by atoms with Crippen molar-refractivity contribution in [3.63, 3.8) is 0 Å². The lowest BCUT2D eigenvalue weighted by Crippen LogP contribution is -2.50. The predicted octanol–water partition coefficient (Wildman–Crippen LogP) is 3.07. The van der Waals surface area contributed by atoms with Gasteiger partial charge in [0.2, 0.25) is 5.91 Å². The number of carboxylic acids is 2. The zero-order chi connectivity index (χ0) is 25.0. The van der Waals surface area contributed by atoms with Crippen molar-refractivity contribution in [1.29, 1.82) is 0 Å². The van der Waals surface area contributed by atoms with Crippen LogP contribution in [0.15, 0.2) is 41.9 Å². The van der Waals surface area contributed by atoms with Gasteiger partial charge in [0.25, 0.3) is 5.19 Å². The van der Waals surface area contributed by atoms with Crippen LogP contribution in [-0.2, 0) is 20.1 Å². The fraction of sp³-hybridized carbons (Fsp3) is 0.500. The monoisotopic (exact) mass is 521 g/mol. The number of carbonyl (C=O) groups excluding carboxylic acids is 1. The lowest BCUT2D eigenvalue weighted by molar-refractivity contribution is -0.159. The Morgan fingerprint density at radius 1 is 1.00 bits per heavy atom. The maximum Gasteiger partial charge on any atom is 0.414 e. The Hall–Kier alpha value is -2.63. The summed E-state index contributed by atoms with van der Waals surface area (Å²) in [7, 11) is 0. The van der Waals surface area contributed by atoms with Crippen LogP contribution in [0.2, 0.25) is 0 Å². The number of piperidine rings is 2. The first-order valence-corrected chi connectivity index (χ1v) is 13.6. The summed E-state index contributed by atoms with van der Waals surface area (Å²) in [6, 6.07) is 11.0. The zero-order valence-corrected chi connectivity index (χ0v) is 21.1. The SMILES string of the molecule is O=C(CSCc1ccccc1)N1CCC(N2CCC(Oc3nccs3)CC2)CC1.O=C(O)C(=O)O.